The van der Waals surface area contributed by atoms with Crippen LogP contribution < -0.4 is 10.5 Å². The molecule has 0 aliphatic heterocycles. The molecule has 1 saturated carbocycles. The third-order valence-electron chi connectivity index (χ3n) is 4.04. The summed E-state index contributed by atoms with van der Waals surface area (Å²) in [4.78, 5) is 10.8. The van der Waals surface area contributed by atoms with Gasteiger partial charge in [0.1, 0.15) is 0 Å². The maximum Gasteiger partial charge on any atom is 0.337 e. The normalized spacial score (nSPS) is 24.3. The fourth-order valence-electron chi connectivity index (χ4n) is 2.30. The second-order valence-electron chi connectivity index (χ2n) is 5.81. The smallest absolute Gasteiger partial charge is 0.337 e. The van der Waals surface area contributed by atoms with Crippen molar-refractivity contribution in [2.24, 2.45) is 5.41 Å². The maximum atomic E-state index is 12.4. The van der Waals surface area contributed by atoms with Crippen molar-refractivity contribution in [3.8, 4) is 0 Å². The van der Waals surface area contributed by atoms with Crippen LogP contribution in [0.25, 0.3) is 0 Å². The minimum atomic E-state index is -4.00. The largest absolute Gasteiger partial charge is 0.478 e. The lowest BCUT2D eigenvalue weighted by Crippen LogP contribution is -2.61. The Bertz CT molecular complexity index is 684. The molecule has 2 unspecified atom stereocenters. The van der Waals surface area contributed by atoms with Crippen LogP contribution in [0.1, 0.15) is 30.6 Å². The molecular weight excluding hydrogens is 296 g/mol. The van der Waals surface area contributed by atoms with E-state index in [2.05, 4.69) is 4.72 Å². The fraction of sp³-hybridized carbons (Fsp3) is 0.462. The van der Waals surface area contributed by atoms with Gasteiger partial charge in [-0.3, -0.25) is 0 Å². The molecule has 8 heteroatoms. The van der Waals surface area contributed by atoms with E-state index >= 15 is 0 Å². The topological polar surface area (TPSA) is 130 Å². The molecule has 0 bridgehead atoms. The summed E-state index contributed by atoms with van der Waals surface area (Å²) in [7, 11) is -4.00. The fourth-order valence-corrected chi connectivity index (χ4v) is 3.89. The monoisotopic (exact) mass is 314 g/mol. The molecule has 0 spiro atoms. The minimum Gasteiger partial charge on any atom is -0.478 e. The number of nitrogens with one attached hydrogen (secondary N) is 1. The minimum absolute atomic E-state index is 0.172. The number of hydrogen-bond donors (Lipinski definition) is 4. The van der Waals surface area contributed by atoms with Crippen molar-refractivity contribution in [2.75, 3.05) is 5.73 Å². The van der Waals surface area contributed by atoms with Crippen molar-refractivity contribution < 1.29 is 23.4 Å². The number of aromatic carboxylic acids is 1. The molecule has 2 atom stereocenters. The van der Waals surface area contributed by atoms with Crippen LogP contribution in [0.2, 0.25) is 0 Å². The second-order valence-corrected chi connectivity index (χ2v) is 7.49. The van der Waals surface area contributed by atoms with Gasteiger partial charge < -0.3 is 15.9 Å². The highest BCUT2D eigenvalue weighted by atomic mass is 32.2. The van der Waals surface area contributed by atoms with Crippen LogP contribution in [0, 0.1) is 5.41 Å². The van der Waals surface area contributed by atoms with E-state index in [0.717, 1.165) is 6.07 Å². The molecule has 1 fully saturated rings. The first-order valence-corrected chi connectivity index (χ1v) is 7.87. The number of nitrogens with two attached hydrogens (primary N) is 1. The number of benzene rings is 1. The van der Waals surface area contributed by atoms with Gasteiger partial charge in [-0.15, -0.1) is 0 Å². The Morgan fingerprint density at radius 3 is 2.52 bits per heavy atom. The summed E-state index contributed by atoms with van der Waals surface area (Å²) in [6, 6.07) is 3.17. The van der Waals surface area contributed by atoms with Crippen LogP contribution in [0.3, 0.4) is 0 Å². The van der Waals surface area contributed by atoms with Crippen LogP contribution in [0.15, 0.2) is 23.1 Å². The Morgan fingerprint density at radius 1 is 1.43 bits per heavy atom. The number of carboxylic acids is 1. The van der Waals surface area contributed by atoms with E-state index in [9.17, 15) is 18.3 Å². The summed E-state index contributed by atoms with van der Waals surface area (Å²) < 4.78 is 27.2. The standard InChI is InChI=1S/C13H18N2O5S/c1-13(2)10(6-11(13)16)15-21(19,20)9-4-3-7(14)5-8(9)12(17)18/h3-5,10-11,15-16H,6,14H2,1-2H3,(H,17,18). The molecule has 116 valence electrons. The molecule has 0 radical (unpaired) electrons. The number of rotatable bonds is 4. The number of nitrogen functional groups attached to an aromatic ring is 1. The SMILES string of the molecule is CC1(C)C(O)CC1NS(=O)(=O)c1ccc(N)cc1C(=O)O. The van der Waals surface area contributed by atoms with Crippen LogP contribution in [-0.2, 0) is 10.0 Å². The van der Waals surface area contributed by atoms with Gasteiger partial charge in [0.25, 0.3) is 0 Å². The van der Waals surface area contributed by atoms with Crippen LogP contribution in [-0.4, -0.2) is 36.7 Å². The molecule has 0 saturated heterocycles. The van der Waals surface area contributed by atoms with E-state index in [1.807, 2.05) is 0 Å². The van der Waals surface area contributed by atoms with Crippen molar-refractivity contribution in [2.45, 2.75) is 37.3 Å². The van der Waals surface area contributed by atoms with E-state index < -0.39 is 33.6 Å². The van der Waals surface area contributed by atoms with E-state index in [1.165, 1.54) is 12.1 Å². The molecule has 1 aromatic rings. The Hall–Kier alpha value is -1.64. The van der Waals surface area contributed by atoms with Gasteiger partial charge in [-0.25, -0.2) is 17.9 Å². The lowest BCUT2D eigenvalue weighted by Gasteiger charge is -2.49. The van der Waals surface area contributed by atoms with Crippen LogP contribution in [0.4, 0.5) is 5.69 Å². The van der Waals surface area contributed by atoms with Gasteiger partial charge in [0.2, 0.25) is 10.0 Å². The zero-order valence-electron chi connectivity index (χ0n) is 11.7. The molecule has 2 rings (SSSR count). The average molecular weight is 314 g/mol. The van der Waals surface area contributed by atoms with Crippen molar-refractivity contribution in [1.29, 1.82) is 0 Å². The molecule has 1 aliphatic carbocycles. The van der Waals surface area contributed by atoms with Crippen molar-refractivity contribution in [3.63, 3.8) is 0 Å². The van der Waals surface area contributed by atoms with E-state index in [1.54, 1.807) is 13.8 Å². The van der Waals surface area contributed by atoms with E-state index in [4.69, 9.17) is 10.8 Å². The third kappa shape index (κ3) is 2.74. The molecule has 1 aromatic carbocycles. The first kappa shape index (κ1) is 15.7. The van der Waals surface area contributed by atoms with E-state index in [-0.39, 0.29) is 16.1 Å². The van der Waals surface area contributed by atoms with Gasteiger partial charge >= 0.3 is 5.97 Å². The highest BCUT2D eigenvalue weighted by Gasteiger charge is 2.49. The number of carbonyl (C=O) groups is 1. The summed E-state index contributed by atoms with van der Waals surface area (Å²) >= 11 is 0. The Kier molecular flexibility index (Phi) is 3.73. The quantitative estimate of drug-likeness (QED) is 0.595. The summed E-state index contributed by atoms with van der Waals surface area (Å²) in [5, 5.41) is 18.8. The summed E-state index contributed by atoms with van der Waals surface area (Å²) in [5.74, 6) is -1.37. The maximum absolute atomic E-state index is 12.4. The lowest BCUT2D eigenvalue weighted by atomic mass is 9.65. The van der Waals surface area contributed by atoms with E-state index in [0.29, 0.717) is 6.42 Å². The second kappa shape index (κ2) is 4.97. The first-order valence-electron chi connectivity index (χ1n) is 6.39. The van der Waals surface area contributed by atoms with Crippen molar-refractivity contribution >= 4 is 21.7 Å². The number of sulfonamides is 1. The van der Waals surface area contributed by atoms with Crippen LogP contribution >= 0.6 is 0 Å². The predicted octanol–water partition coefficient (Wildman–Crippen LogP) is 0.405. The zero-order valence-corrected chi connectivity index (χ0v) is 12.5. The van der Waals surface area contributed by atoms with Gasteiger partial charge in [0.05, 0.1) is 16.6 Å². The Balaban J connectivity index is 2.35. The molecule has 0 aromatic heterocycles. The number of aliphatic hydroxyl groups excluding tert-OH is 1. The van der Waals surface area contributed by atoms with Gasteiger partial charge in [0.15, 0.2) is 0 Å². The summed E-state index contributed by atoms with van der Waals surface area (Å²) in [6.45, 7) is 3.49. The van der Waals surface area contributed by atoms with Gasteiger partial charge in [-0.05, 0) is 24.6 Å². The molecule has 5 N–H and O–H groups in total. The third-order valence-corrected chi connectivity index (χ3v) is 5.57. The lowest BCUT2D eigenvalue weighted by molar-refractivity contribution is -0.0645. The zero-order chi connectivity index (χ0) is 16.0. The molecule has 0 heterocycles. The number of aliphatic hydroxyl groups is 1. The summed E-state index contributed by atoms with van der Waals surface area (Å²) in [6.07, 6.45) is -0.292. The molecule has 1 aliphatic rings. The Morgan fingerprint density at radius 2 is 2.05 bits per heavy atom. The number of carboxylic acid groups (broad SMARTS) is 1. The van der Waals surface area contributed by atoms with Crippen molar-refractivity contribution in [1.82, 2.24) is 4.72 Å². The first-order chi connectivity index (χ1) is 9.55. The Labute approximate surface area is 122 Å². The highest BCUT2D eigenvalue weighted by Crippen LogP contribution is 2.41. The average Bonchev–Trinajstić information content (AvgIpc) is 2.37. The number of hydrogen-bond acceptors (Lipinski definition) is 5. The number of anilines is 1. The van der Waals surface area contributed by atoms with Gasteiger partial charge in [0, 0.05) is 17.1 Å². The van der Waals surface area contributed by atoms with Gasteiger partial charge in [-0.2, -0.15) is 0 Å². The molecule has 21 heavy (non-hydrogen) atoms. The molecule has 0 amide bonds. The van der Waals surface area contributed by atoms with Crippen molar-refractivity contribution in [3.05, 3.63) is 23.8 Å². The molecular formula is C13H18N2O5S. The van der Waals surface area contributed by atoms with Gasteiger partial charge in [-0.1, -0.05) is 13.8 Å². The summed E-state index contributed by atoms with van der Waals surface area (Å²) in [5.41, 5.74) is 4.70. The van der Waals surface area contributed by atoms with Crippen LogP contribution in [0.5, 0.6) is 0 Å². The molecule has 7 nitrogen and oxygen atoms in total. The highest BCUT2D eigenvalue weighted by molar-refractivity contribution is 7.89. The predicted molar refractivity (Wildman–Crippen MR) is 76.3 cm³/mol.